The lowest BCUT2D eigenvalue weighted by atomic mass is 10.2. The van der Waals surface area contributed by atoms with Crippen molar-refractivity contribution in [1.29, 1.82) is 0 Å². The van der Waals surface area contributed by atoms with Gasteiger partial charge in [0.1, 0.15) is 6.17 Å². The lowest BCUT2D eigenvalue weighted by molar-refractivity contribution is -0.143. The van der Waals surface area contributed by atoms with E-state index in [4.69, 9.17) is 18.3 Å². The third-order valence-corrected chi connectivity index (χ3v) is 4.99. The molecule has 1 N–H and O–H groups in total. The Bertz CT molecular complexity index is 770. The lowest BCUT2D eigenvalue weighted by Crippen LogP contribution is -2.59. The third kappa shape index (κ3) is 4.22. The number of hydrogen-bond donors (Lipinski definition) is 1. The summed E-state index contributed by atoms with van der Waals surface area (Å²) in [7, 11) is -0.862. The number of amides is 1. The van der Waals surface area contributed by atoms with Crippen LogP contribution in [0.5, 0.6) is 5.75 Å². The number of esters is 1. The molecular formula is C15H20N3O8P. The van der Waals surface area contributed by atoms with Crippen LogP contribution in [0.15, 0.2) is 17.1 Å². The van der Waals surface area contributed by atoms with Crippen molar-refractivity contribution in [3.63, 3.8) is 0 Å². The summed E-state index contributed by atoms with van der Waals surface area (Å²) in [5.74, 6) is -1.19. The molecule has 12 heteroatoms. The van der Waals surface area contributed by atoms with Gasteiger partial charge in [-0.1, -0.05) is 0 Å². The fourth-order valence-corrected chi connectivity index (χ4v) is 3.53. The van der Waals surface area contributed by atoms with Crippen molar-refractivity contribution in [2.24, 2.45) is 0 Å². The summed E-state index contributed by atoms with van der Waals surface area (Å²) < 4.78 is 27.5. The zero-order chi connectivity index (χ0) is 19.4. The second-order valence-corrected chi connectivity index (χ2v) is 6.67. The van der Waals surface area contributed by atoms with Crippen molar-refractivity contribution in [3.8, 4) is 5.75 Å². The Kier molecular flexibility index (Phi) is 6.27. The molecule has 3 heterocycles. The molecular weight excluding hydrogens is 381 g/mol. The number of carbonyl (C=O) groups excluding carboxylic acids is 2. The van der Waals surface area contributed by atoms with Crippen molar-refractivity contribution in [2.75, 3.05) is 45.5 Å². The molecule has 1 aromatic rings. The van der Waals surface area contributed by atoms with Gasteiger partial charge in [0.2, 0.25) is 11.2 Å². The number of morpholine rings is 1. The quantitative estimate of drug-likeness (QED) is 0.499. The Morgan fingerprint density at radius 3 is 2.96 bits per heavy atom. The van der Waals surface area contributed by atoms with E-state index in [0.717, 1.165) is 0 Å². The topological polar surface area (TPSA) is 118 Å². The zero-order valence-electron chi connectivity index (χ0n) is 14.9. The molecule has 0 radical (unpaired) electrons. The van der Waals surface area contributed by atoms with E-state index in [2.05, 4.69) is 10.2 Å². The van der Waals surface area contributed by atoms with E-state index in [0.29, 0.717) is 19.8 Å². The third-order valence-electron chi connectivity index (χ3n) is 3.85. The highest BCUT2D eigenvalue weighted by molar-refractivity contribution is 7.42. The standard InChI is InChI=1S/C15H20N3O8P/c1-3-24-27(25-9-12(20)22-2)26-14-10(19)4-5-18-13(14)15(21)17-6-7-23-8-11(17)16-18/h4-5,11,16H,3,6-9H2,1-2H3/t11-,27?/m0/s1. The predicted molar refractivity (Wildman–Crippen MR) is 92.8 cm³/mol. The van der Waals surface area contributed by atoms with Gasteiger partial charge in [-0.25, -0.2) is 4.79 Å². The van der Waals surface area contributed by atoms with Gasteiger partial charge in [-0.2, -0.15) is 0 Å². The number of hydrogen-bond acceptors (Lipinski definition) is 9. The van der Waals surface area contributed by atoms with Gasteiger partial charge < -0.3 is 28.8 Å². The number of nitrogens with one attached hydrogen (secondary N) is 1. The van der Waals surface area contributed by atoms with Gasteiger partial charge in [0.25, 0.3) is 5.91 Å². The Morgan fingerprint density at radius 2 is 2.22 bits per heavy atom. The van der Waals surface area contributed by atoms with Gasteiger partial charge in [0.15, 0.2) is 12.3 Å². The van der Waals surface area contributed by atoms with Crippen molar-refractivity contribution in [1.82, 2.24) is 9.58 Å². The van der Waals surface area contributed by atoms with Crippen LogP contribution in [0.2, 0.25) is 0 Å². The Labute approximate surface area is 156 Å². The maximum Gasteiger partial charge on any atom is 0.398 e. The van der Waals surface area contributed by atoms with E-state index in [1.54, 1.807) is 11.8 Å². The van der Waals surface area contributed by atoms with Crippen molar-refractivity contribution >= 4 is 20.5 Å². The molecule has 3 rings (SSSR count). The summed E-state index contributed by atoms with van der Waals surface area (Å²) in [5.41, 5.74) is 2.62. The molecule has 1 aromatic heterocycles. The number of pyridine rings is 1. The Hall–Kier alpha value is -2.20. The molecule has 2 aliphatic heterocycles. The molecule has 2 atom stereocenters. The SMILES string of the molecule is CCOP(OCC(=O)OC)Oc1c2n(ccc1=O)N[C@@H]1COCCN1C2=O. The van der Waals surface area contributed by atoms with Gasteiger partial charge in [-0.05, 0) is 6.92 Å². The van der Waals surface area contributed by atoms with E-state index in [1.165, 1.54) is 24.0 Å². The normalized spacial score (nSPS) is 19.6. The number of carbonyl (C=O) groups is 2. The van der Waals surface area contributed by atoms with Gasteiger partial charge in [-0.3, -0.25) is 18.8 Å². The first kappa shape index (κ1) is 19.6. The van der Waals surface area contributed by atoms with E-state index >= 15 is 0 Å². The number of rotatable bonds is 7. The van der Waals surface area contributed by atoms with Crippen LogP contribution in [0.1, 0.15) is 17.4 Å². The second kappa shape index (κ2) is 8.66. The molecule has 0 aliphatic carbocycles. The molecule has 0 bridgehead atoms. The molecule has 148 valence electrons. The first-order valence-corrected chi connectivity index (χ1v) is 9.36. The van der Waals surface area contributed by atoms with E-state index in [1.807, 2.05) is 0 Å². The first-order valence-electron chi connectivity index (χ1n) is 8.26. The van der Waals surface area contributed by atoms with Crippen molar-refractivity contribution < 1.29 is 32.6 Å². The monoisotopic (exact) mass is 401 g/mol. The second-order valence-electron chi connectivity index (χ2n) is 5.53. The molecule has 1 amide bonds. The van der Waals surface area contributed by atoms with Crippen LogP contribution in [0.4, 0.5) is 0 Å². The van der Waals surface area contributed by atoms with E-state index in [-0.39, 0.29) is 30.1 Å². The van der Waals surface area contributed by atoms with E-state index < -0.39 is 26.6 Å². The highest BCUT2D eigenvalue weighted by Gasteiger charge is 2.37. The van der Waals surface area contributed by atoms with Crippen LogP contribution >= 0.6 is 8.60 Å². The molecule has 1 fully saturated rings. The van der Waals surface area contributed by atoms with Gasteiger partial charge in [0, 0.05) is 18.8 Å². The molecule has 2 aliphatic rings. The highest BCUT2D eigenvalue weighted by Crippen LogP contribution is 2.41. The van der Waals surface area contributed by atoms with Crippen molar-refractivity contribution in [3.05, 3.63) is 28.2 Å². The molecule has 1 unspecified atom stereocenters. The van der Waals surface area contributed by atoms with Crippen LogP contribution in [0, 0.1) is 0 Å². The predicted octanol–water partition coefficient (Wildman–Crippen LogP) is 0.0357. The molecule has 27 heavy (non-hydrogen) atoms. The average molecular weight is 401 g/mol. The number of fused-ring (bicyclic) bond motifs is 2. The Morgan fingerprint density at radius 1 is 1.41 bits per heavy atom. The number of methoxy groups -OCH3 is 1. The summed E-state index contributed by atoms with van der Waals surface area (Å²) in [4.78, 5) is 38.2. The smallest absolute Gasteiger partial charge is 0.398 e. The number of nitrogens with zero attached hydrogens (tertiary/aromatic N) is 2. The minimum absolute atomic E-state index is 0.0366. The number of ether oxygens (including phenoxy) is 2. The summed E-state index contributed by atoms with van der Waals surface area (Å²) in [5, 5.41) is 0. The summed E-state index contributed by atoms with van der Waals surface area (Å²) in [6, 6.07) is 1.26. The summed E-state index contributed by atoms with van der Waals surface area (Å²) in [6.45, 7) is 2.65. The van der Waals surface area contributed by atoms with Crippen LogP contribution in [0.25, 0.3) is 0 Å². The molecule has 0 saturated carbocycles. The molecule has 0 aromatic carbocycles. The first-order chi connectivity index (χ1) is 13.0. The van der Waals surface area contributed by atoms with Crippen LogP contribution < -0.4 is 15.4 Å². The van der Waals surface area contributed by atoms with Crippen LogP contribution in [0.3, 0.4) is 0 Å². The van der Waals surface area contributed by atoms with Crippen molar-refractivity contribution in [2.45, 2.75) is 13.1 Å². The van der Waals surface area contributed by atoms with Gasteiger partial charge in [-0.15, -0.1) is 0 Å². The van der Waals surface area contributed by atoms with E-state index in [9.17, 15) is 14.4 Å². The molecule has 1 saturated heterocycles. The maximum absolute atomic E-state index is 12.9. The highest BCUT2D eigenvalue weighted by atomic mass is 31.2. The fourth-order valence-electron chi connectivity index (χ4n) is 2.60. The van der Waals surface area contributed by atoms with Gasteiger partial charge in [0.05, 0.1) is 26.9 Å². The fraction of sp³-hybridized carbons (Fsp3) is 0.533. The molecule has 11 nitrogen and oxygen atoms in total. The van der Waals surface area contributed by atoms with Gasteiger partial charge >= 0.3 is 14.6 Å². The number of aromatic nitrogens is 1. The maximum atomic E-state index is 12.9. The van der Waals surface area contributed by atoms with Crippen LogP contribution in [-0.4, -0.2) is 67.7 Å². The summed E-state index contributed by atoms with van der Waals surface area (Å²) in [6.07, 6.45) is 1.12. The largest absolute Gasteiger partial charge is 0.467 e. The Balaban J connectivity index is 1.88. The zero-order valence-corrected chi connectivity index (χ0v) is 15.8. The molecule has 0 spiro atoms. The summed E-state index contributed by atoms with van der Waals surface area (Å²) >= 11 is 0. The van der Waals surface area contributed by atoms with Crippen LogP contribution in [-0.2, 0) is 23.3 Å². The minimum atomic E-state index is -2.08. The minimum Gasteiger partial charge on any atom is -0.467 e. The average Bonchev–Trinajstić information content (AvgIpc) is 2.68. The lowest BCUT2D eigenvalue weighted by Gasteiger charge is -2.41.